The average Bonchev–Trinajstić information content (AvgIpc) is 3.20. The van der Waals surface area contributed by atoms with Gasteiger partial charge in [0.05, 0.1) is 0 Å². The first kappa shape index (κ1) is 77.9. The van der Waals surface area contributed by atoms with E-state index in [2.05, 4.69) is 0 Å². The van der Waals surface area contributed by atoms with Gasteiger partial charge in [-0.3, -0.25) is 19.2 Å². The second-order valence-electron chi connectivity index (χ2n) is 16.5. The number of hydrogen-bond donors (Lipinski definition) is 0. The van der Waals surface area contributed by atoms with Gasteiger partial charge in [-0.1, -0.05) is 155 Å². The summed E-state index contributed by atoms with van der Waals surface area (Å²) in [6, 6.07) is 19.5. The van der Waals surface area contributed by atoms with Crippen molar-refractivity contribution in [1.29, 1.82) is 0 Å². The third kappa shape index (κ3) is 30.0. The fourth-order valence-corrected chi connectivity index (χ4v) is 4.43. The summed E-state index contributed by atoms with van der Waals surface area (Å²) in [4.78, 5) is 42.0. The number of hydrogen-bond acceptors (Lipinski definition) is 12. The molecule has 12 nitrogen and oxygen atoms in total. The van der Waals surface area contributed by atoms with Crippen molar-refractivity contribution in [3.63, 3.8) is 0 Å². The van der Waals surface area contributed by atoms with Crippen molar-refractivity contribution in [1.82, 2.24) is 0 Å². The Labute approximate surface area is 424 Å². The van der Waals surface area contributed by atoms with E-state index in [0.29, 0.717) is 25.1 Å². The van der Waals surface area contributed by atoms with Crippen LogP contribution >= 0.6 is 0 Å². The maximum absolute atomic E-state index is 11.1. The molecule has 0 amide bonds. The van der Waals surface area contributed by atoms with Crippen LogP contribution in [0, 0.1) is 0 Å². The molecule has 0 aliphatic rings. The number of carbonyl (C=O) groups excluding carboxylic acids is 4. The van der Waals surface area contributed by atoms with Crippen LogP contribution in [-0.4, -0.2) is 53.6 Å². The predicted molar refractivity (Wildman–Crippen MR) is 224 cm³/mol. The van der Waals surface area contributed by atoms with Crippen LogP contribution in [0.5, 0.6) is 23.0 Å². The molecule has 4 radical (unpaired) electrons. The van der Waals surface area contributed by atoms with E-state index in [1.54, 1.807) is 48.5 Å². The molecule has 0 spiro atoms. The minimum atomic E-state index is -0.206. The second kappa shape index (κ2) is 38.9. The number of rotatable bonds is 4. The maximum Gasteiger partial charge on any atom is 2.00 e. The quantitative estimate of drug-likeness (QED) is 0.211. The van der Waals surface area contributed by atoms with Gasteiger partial charge in [-0.15, -0.1) is 0 Å². The Morgan fingerprint density at radius 2 is 0.422 bits per heavy atom. The van der Waals surface area contributed by atoms with E-state index in [0.717, 1.165) is 50.7 Å². The van der Waals surface area contributed by atoms with Crippen LogP contribution < -0.4 is 40.9 Å². The van der Waals surface area contributed by atoms with Crippen molar-refractivity contribution < 1.29 is 128 Å². The van der Waals surface area contributed by atoms with Gasteiger partial charge in [-0.25, -0.2) is 0 Å². The van der Waals surface area contributed by atoms with E-state index >= 15 is 0 Å². The standard InChI is InChI=1S/4C11H14O2.4CH3O.4Cu/c4*1-11(2,3)9-4-5-10(13)8(6-9)7-12;4*1-2;;;;/h4*4-7,13H,1-3H3;4*1H3;;;;/q;;;;4*-1;4*+2/p-4. The molecule has 0 aromatic heterocycles. The molecule has 4 aromatic rings. The molecular weight excluding hydrogens is 1020 g/mol. The molecule has 4 aromatic carbocycles. The molecule has 0 heterocycles. The molecular formula is C48H64Cu4O12. The number of carbonyl (C=O) groups is 4. The molecule has 0 bridgehead atoms. The van der Waals surface area contributed by atoms with Gasteiger partial charge in [0.15, 0.2) is 0 Å². The van der Waals surface area contributed by atoms with Crippen LogP contribution in [0.4, 0.5) is 0 Å². The second-order valence-corrected chi connectivity index (χ2v) is 16.5. The van der Waals surface area contributed by atoms with Crippen LogP contribution in [0.15, 0.2) is 72.8 Å². The van der Waals surface area contributed by atoms with E-state index in [1.165, 1.54) is 24.3 Å². The zero-order chi connectivity index (χ0) is 48.2. The summed E-state index contributed by atoms with van der Waals surface area (Å²) >= 11 is 0. The summed E-state index contributed by atoms with van der Waals surface area (Å²) in [5.41, 5.74) is 4.92. The van der Waals surface area contributed by atoms with Crippen molar-refractivity contribution in [3.05, 3.63) is 117 Å². The zero-order valence-corrected chi connectivity index (χ0v) is 43.1. The van der Waals surface area contributed by atoms with Crippen molar-refractivity contribution in [2.75, 3.05) is 28.4 Å². The summed E-state index contributed by atoms with van der Waals surface area (Å²) in [6.45, 7) is 24.5. The molecule has 0 aliphatic heterocycles. The van der Waals surface area contributed by atoms with Gasteiger partial charge >= 0.3 is 68.3 Å². The zero-order valence-electron chi connectivity index (χ0n) is 39.3. The first-order valence-corrected chi connectivity index (χ1v) is 18.5. The topological polar surface area (TPSA) is 253 Å². The first-order valence-electron chi connectivity index (χ1n) is 18.5. The minimum absolute atomic E-state index is 0. The van der Waals surface area contributed by atoms with Crippen LogP contribution in [-0.2, 0) is 89.9 Å². The Morgan fingerprint density at radius 3 is 0.516 bits per heavy atom. The molecule has 372 valence electrons. The van der Waals surface area contributed by atoms with Crippen molar-refractivity contribution >= 4 is 25.1 Å². The normalized spacial score (nSPS) is 9.56. The van der Waals surface area contributed by atoms with E-state index in [-0.39, 0.29) is 135 Å². The summed E-state index contributed by atoms with van der Waals surface area (Å²) in [7, 11) is 3.00. The summed E-state index contributed by atoms with van der Waals surface area (Å²) in [5, 5.41) is 77.4. The molecule has 0 saturated carbocycles. The van der Waals surface area contributed by atoms with Crippen LogP contribution in [0.1, 0.15) is 147 Å². The molecule has 4 rings (SSSR count). The fourth-order valence-electron chi connectivity index (χ4n) is 4.43. The Kier molecular flexibility index (Phi) is 47.3. The van der Waals surface area contributed by atoms with Gasteiger partial charge < -0.3 is 40.9 Å². The molecule has 0 unspecified atom stereocenters. The number of benzene rings is 4. The van der Waals surface area contributed by atoms with E-state index in [4.69, 9.17) is 20.4 Å². The van der Waals surface area contributed by atoms with Gasteiger partial charge in [0, 0.05) is 22.3 Å². The maximum atomic E-state index is 11.1. The fraction of sp³-hybridized carbons (Fsp3) is 0.417. The molecule has 0 aliphatic carbocycles. The summed E-state index contributed by atoms with van der Waals surface area (Å²) < 4.78 is 0. The molecule has 0 fully saturated rings. The smallest absolute Gasteiger partial charge is 0.872 e. The van der Waals surface area contributed by atoms with Gasteiger partial charge in [0.1, 0.15) is 25.1 Å². The number of aldehydes is 4. The van der Waals surface area contributed by atoms with Gasteiger partial charge in [-0.05, 0) is 68.2 Å². The third-order valence-electron chi connectivity index (χ3n) is 8.01. The first-order chi connectivity index (χ1) is 27.8. The van der Waals surface area contributed by atoms with Crippen LogP contribution in [0.3, 0.4) is 0 Å². The molecule has 0 N–H and O–H groups in total. The summed E-state index contributed by atoms with van der Waals surface area (Å²) in [6.07, 6.45) is 2.43. The molecule has 64 heavy (non-hydrogen) atoms. The summed E-state index contributed by atoms with van der Waals surface area (Å²) in [5.74, 6) is -0.822. The molecule has 0 atom stereocenters. The molecule has 16 heteroatoms. The Balaban J connectivity index is -0.000000101. The Bertz CT molecular complexity index is 1590. The van der Waals surface area contributed by atoms with E-state index < -0.39 is 0 Å². The monoisotopic (exact) mass is 1080 g/mol. The molecule has 0 saturated heterocycles. The van der Waals surface area contributed by atoms with Gasteiger partial charge in [0.25, 0.3) is 0 Å². The van der Waals surface area contributed by atoms with Crippen LogP contribution in [0.2, 0.25) is 0 Å². The van der Waals surface area contributed by atoms with Crippen molar-refractivity contribution in [2.45, 2.75) is 105 Å². The Hall–Kier alpha value is -3.32. The van der Waals surface area contributed by atoms with Crippen molar-refractivity contribution in [2.24, 2.45) is 0 Å². The minimum Gasteiger partial charge on any atom is -0.872 e. The van der Waals surface area contributed by atoms with Crippen molar-refractivity contribution in [3.8, 4) is 23.0 Å². The van der Waals surface area contributed by atoms with Gasteiger partial charge in [0.2, 0.25) is 0 Å². The third-order valence-corrected chi connectivity index (χ3v) is 8.01. The Morgan fingerprint density at radius 1 is 0.297 bits per heavy atom. The van der Waals surface area contributed by atoms with Gasteiger partial charge in [-0.2, -0.15) is 28.4 Å². The van der Waals surface area contributed by atoms with Crippen LogP contribution in [0.25, 0.3) is 0 Å². The van der Waals surface area contributed by atoms with E-state index in [9.17, 15) is 39.6 Å². The predicted octanol–water partition coefficient (Wildman–Crippen LogP) is 3.38. The average molecular weight is 1090 g/mol. The SMILES string of the molecule is CC(C)(C)c1ccc([O-])c(C=O)c1.CC(C)(C)c1ccc([O-])c(C=O)c1.CC(C)(C)c1ccc([O-])c(C=O)c1.CC(C)(C)c1ccc([O-])c(C=O)c1.C[O-].C[O-].C[O-].C[O-].[Cu+2].[Cu+2].[Cu+2].[Cu+2]. The van der Waals surface area contributed by atoms with E-state index in [1.807, 2.05) is 83.1 Å². The largest absolute Gasteiger partial charge is 2.00 e.